The Balaban J connectivity index is 1.93. The second-order valence-corrected chi connectivity index (χ2v) is 4.63. The molecule has 0 atom stereocenters. The molecule has 2 aromatic rings. The van der Waals surface area contributed by atoms with Gasteiger partial charge in [0.1, 0.15) is 6.29 Å². The number of benzene rings is 1. The number of ether oxygens (including phenoxy) is 1. The first kappa shape index (κ1) is 14.9. The van der Waals surface area contributed by atoms with Crippen molar-refractivity contribution in [2.24, 2.45) is 0 Å². The number of carbonyl (C=O) groups excluding carboxylic acids is 2. The molecule has 0 saturated carbocycles. The Morgan fingerprint density at radius 2 is 2.00 bits per heavy atom. The number of aromatic nitrogens is 2. The molecule has 0 radical (unpaired) electrons. The summed E-state index contributed by atoms with van der Waals surface area (Å²) in [6.07, 6.45) is 2.47. The van der Waals surface area contributed by atoms with E-state index in [0.717, 1.165) is 0 Å². The Hall–Kier alpha value is -2.54. The van der Waals surface area contributed by atoms with Gasteiger partial charge in [0, 0.05) is 23.7 Å². The monoisotopic (exact) mass is 304 g/mol. The van der Waals surface area contributed by atoms with Gasteiger partial charge in [-0.25, -0.2) is 4.79 Å². The van der Waals surface area contributed by atoms with Crippen LogP contribution in [0.1, 0.15) is 26.3 Å². The molecule has 0 aliphatic heterocycles. The number of carbonyl (C=O) groups is 2. The van der Waals surface area contributed by atoms with Gasteiger partial charge in [-0.1, -0.05) is 12.1 Å². The number of esters is 1. The van der Waals surface area contributed by atoms with Crippen molar-refractivity contribution in [3.63, 3.8) is 0 Å². The van der Waals surface area contributed by atoms with Crippen LogP contribution in [0.5, 0.6) is 0 Å². The predicted molar refractivity (Wildman–Crippen MR) is 78.1 cm³/mol. The zero-order valence-corrected chi connectivity index (χ0v) is 11.7. The van der Waals surface area contributed by atoms with Crippen molar-refractivity contribution in [3.05, 3.63) is 62.3 Å². The van der Waals surface area contributed by atoms with E-state index in [-0.39, 0.29) is 23.4 Å². The second kappa shape index (κ2) is 6.76. The molecule has 6 nitrogen and oxygen atoms in total. The van der Waals surface area contributed by atoms with Crippen LogP contribution in [0.2, 0.25) is 0 Å². The lowest BCUT2D eigenvalue weighted by atomic mass is 10.1. The van der Waals surface area contributed by atoms with Crippen molar-refractivity contribution in [1.82, 2.24) is 9.97 Å². The van der Waals surface area contributed by atoms with Crippen LogP contribution in [-0.2, 0) is 11.2 Å². The van der Waals surface area contributed by atoms with E-state index in [2.05, 4.69) is 9.97 Å². The fourth-order valence-electron chi connectivity index (χ4n) is 1.66. The van der Waals surface area contributed by atoms with Crippen molar-refractivity contribution < 1.29 is 14.3 Å². The number of aromatic amines is 2. The summed E-state index contributed by atoms with van der Waals surface area (Å²) in [5, 5.41) is 0. The third-order valence-electron chi connectivity index (χ3n) is 2.78. The molecule has 0 aliphatic carbocycles. The molecule has 0 bridgehead atoms. The summed E-state index contributed by atoms with van der Waals surface area (Å²) in [5.74, 6) is -0.507. The zero-order valence-electron chi connectivity index (χ0n) is 10.9. The van der Waals surface area contributed by atoms with E-state index < -0.39 is 5.97 Å². The Kier molecular flexibility index (Phi) is 4.78. The minimum Gasteiger partial charge on any atom is -0.462 e. The van der Waals surface area contributed by atoms with E-state index in [1.165, 1.54) is 30.5 Å². The van der Waals surface area contributed by atoms with Crippen molar-refractivity contribution in [1.29, 1.82) is 0 Å². The maximum atomic E-state index is 11.8. The highest BCUT2D eigenvalue weighted by molar-refractivity contribution is 7.71. The van der Waals surface area contributed by atoms with E-state index in [1.807, 2.05) is 0 Å². The number of H-pyrrole nitrogens is 2. The van der Waals surface area contributed by atoms with Gasteiger partial charge in [-0.15, -0.1) is 0 Å². The zero-order chi connectivity index (χ0) is 15.2. The molecular weight excluding hydrogens is 292 g/mol. The lowest BCUT2D eigenvalue weighted by Crippen LogP contribution is -2.16. The molecule has 0 saturated heterocycles. The van der Waals surface area contributed by atoms with Gasteiger partial charge in [0.25, 0.3) is 5.56 Å². The fraction of sp³-hybridized carbons (Fsp3) is 0.143. The van der Waals surface area contributed by atoms with Gasteiger partial charge >= 0.3 is 5.97 Å². The Bertz CT molecular complexity index is 762. The first-order valence-corrected chi connectivity index (χ1v) is 6.54. The minimum absolute atomic E-state index is 0.0714. The maximum Gasteiger partial charge on any atom is 0.338 e. The normalized spacial score (nSPS) is 10.1. The van der Waals surface area contributed by atoms with Gasteiger partial charge in [-0.2, -0.15) is 0 Å². The van der Waals surface area contributed by atoms with Gasteiger partial charge < -0.3 is 9.72 Å². The predicted octanol–water partition coefficient (Wildman–Crippen LogP) is 1.64. The highest BCUT2D eigenvalue weighted by Gasteiger charge is 2.07. The molecule has 0 aliphatic rings. The molecular formula is C14H12N2O4S. The number of rotatable bonds is 5. The molecule has 2 N–H and O–H groups in total. The first-order valence-electron chi connectivity index (χ1n) is 6.13. The maximum absolute atomic E-state index is 11.8. The topological polar surface area (TPSA) is 92.0 Å². The summed E-state index contributed by atoms with van der Waals surface area (Å²) in [4.78, 5) is 39.0. The van der Waals surface area contributed by atoms with E-state index in [0.29, 0.717) is 23.0 Å². The lowest BCUT2D eigenvalue weighted by molar-refractivity contribution is 0.0508. The largest absolute Gasteiger partial charge is 0.462 e. The summed E-state index contributed by atoms with van der Waals surface area (Å²) < 4.78 is 5.32. The summed E-state index contributed by atoms with van der Waals surface area (Å²) in [7, 11) is 0. The number of hydrogen-bond donors (Lipinski definition) is 2. The Labute approximate surface area is 124 Å². The van der Waals surface area contributed by atoms with Gasteiger partial charge in [-0.05, 0) is 24.4 Å². The summed E-state index contributed by atoms with van der Waals surface area (Å²) >= 11 is 4.78. The number of hydrogen-bond acceptors (Lipinski definition) is 5. The fourth-order valence-corrected chi connectivity index (χ4v) is 1.81. The van der Waals surface area contributed by atoms with Crippen LogP contribution in [0.3, 0.4) is 0 Å². The van der Waals surface area contributed by atoms with Crippen LogP contribution in [0, 0.1) is 4.77 Å². The van der Waals surface area contributed by atoms with Crippen LogP contribution >= 0.6 is 12.2 Å². The van der Waals surface area contributed by atoms with Crippen LogP contribution in [0.25, 0.3) is 0 Å². The van der Waals surface area contributed by atoms with E-state index in [9.17, 15) is 14.4 Å². The molecule has 0 spiro atoms. The van der Waals surface area contributed by atoms with Crippen molar-refractivity contribution in [2.75, 3.05) is 6.61 Å². The Morgan fingerprint density at radius 3 is 2.62 bits per heavy atom. The van der Waals surface area contributed by atoms with E-state index in [4.69, 9.17) is 17.0 Å². The Morgan fingerprint density at radius 1 is 1.29 bits per heavy atom. The summed E-state index contributed by atoms with van der Waals surface area (Å²) in [6.45, 7) is 0.0714. The highest BCUT2D eigenvalue weighted by Crippen LogP contribution is 2.04. The highest BCUT2D eigenvalue weighted by atomic mass is 32.1. The minimum atomic E-state index is -0.507. The summed E-state index contributed by atoms with van der Waals surface area (Å²) in [5.41, 5.74) is 0.984. The molecule has 2 rings (SSSR count). The number of aldehydes is 1. The molecule has 0 amide bonds. The van der Waals surface area contributed by atoms with Gasteiger partial charge in [0.05, 0.1) is 12.2 Å². The van der Waals surface area contributed by atoms with Crippen LogP contribution < -0.4 is 5.56 Å². The lowest BCUT2D eigenvalue weighted by Gasteiger charge is -2.04. The van der Waals surface area contributed by atoms with Crippen molar-refractivity contribution in [2.45, 2.75) is 6.42 Å². The van der Waals surface area contributed by atoms with E-state index in [1.54, 1.807) is 0 Å². The molecule has 0 unspecified atom stereocenters. The van der Waals surface area contributed by atoms with Gasteiger partial charge in [0.2, 0.25) is 0 Å². The standard InChI is InChI=1S/C14H12N2O4S/c17-8-9-1-3-10(4-2-9)13(19)20-6-5-11-7-15-14(21)16-12(11)18/h1-4,7-8H,5-6H2,(H2,15,16,18,21). The molecule has 21 heavy (non-hydrogen) atoms. The smallest absolute Gasteiger partial charge is 0.338 e. The quantitative estimate of drug-likeness (QED) is 0.498. The molecule has 1 aromatic carbocycles. The third kappa shape index (κ3) is 3.96. The van der Waals surface area contributed by atoms with Gasteiger partial charge in [0.15, 0.2) is 4.77 Å². The molecule has 108 valence electrons. The molecule has 7 heteroatoms. The van der Waals surface area contributed by atoms with Crippen LogP contribution in [0.15, 0.2) is 35.3 Å². The average molecular weight is 304 g/mol. The van der Waals surface area contributed by atoms with Crippen LogP contribution in [0.4, 0.5) is 0 Å². The second-order valence-electron chi connectivity index (χ2n) is 4.22. The van der Waals surface area contributed by atoms with E-state index >= 15 is 0 Å². The molecule has 0 fully saturated rings. The van der Waals surface area contributed by atoms with Crippen LogP contribution in [-0.4, -0.2) is 28.8 Å². The van der Waals surface area contributed by atoms with Crippen molar-refractivity contribution in [3.8, 4) is 0 Å². The molecule has 1 heterocycles. The molecule has 1 aromatic heterocycles. The van der Waals surface area contributed by atoms with Crippen molar-refractivity contribution >= 4 is 24.5 Å². The first-order chi connectivity index (χ1) is 10.1. The third-order valence-corrected chi connectivity index (χ3v) is 3.00. The average Bonchev–Trinajstić information content (AvgIpc) is 2.49. The summed E-state index contributed by atoms with van der Waals surface area (Å²) in [6, 6.07) is 6.09. The number of nitrogens with one attached hydrogen (secondary N) is 2. The van der Waals surface area contributed by atoms with Gasteiger partial charge in [-0.3, -0.25) is 14.6 Å². The SMILES string of the molecule is O=Cc1ccc(C(=O)OCCc2c[nH]c(=S)[nH]c2=O)cc1.